The third kappa shape index (κ3) is 7.18. The number of rotatable bonds is 10. The molecule has 3 aliphatic rings. The normalized spacial score (nSPS) is 18.7. The number of benzene rings is 6. The van der Waals surface area contributed by atoms with E-state index < -0.39 is 139 Å². The molecule has 1 saturated heterocycles. The molecule has 6 N–H and O–H groups in total. The molecule has 2 aromatic heterocycles. The topological polar surface area (TPSA) is 333 Å². The van der Waals surface area contributed by atoms with E-state index >= 15 is 0 Å². The van der Waals surface area contributed by atoms with Crippen LogP contribution in [0.4, 0.5) is 22.7 Å². The van der Waals surface area contributed by atoms with E-state index in [0.717, 1.165) is 90.4 Å². The average molecular weight is 1230 g/mol. The molecule has 0 bridgehead atoms. The molecule has 1 fully saturated rings. The first kappa shape index (κ1) is 52.0. The SMILES string of the molecule is O=C1C(c2c(O)c3cc(S(=O)(=O)O)ccc3n2P2(Cl)(Cl)N(c3ccccc3)P(Cl)(Cl)(n3c(C4=Nc5ccc(S(=O)(=O)O)cc5C4=O)c(O)c4cc(S(=O)(=O)O)ccc43)N2c2ccccc2)=Nc2ccc(S(=O)(=O)O)cc21. The van der Waals surface area contributed by atoms with E-state index in [-0.39, 0.29) is 33.8 Å². The second-order valence-electron chi connectivity index (χ2n) is 17.0. The zero-order chi connectivity index (χ0) is 54.9. The van der Waals surface area contributed by atoms with Gasteiger partial charge < -0.3 is 0 Å². The van der Waals surface area contributed by atoms with Gasteiger partial charge in [-0.15, -0.1) is 0 Å². The number of hydrogen-bond donors (Lipinski definition) is 6. The average Bonchev–Trinajstić information content (AvgIpc) is 4.16. The number of fused-ring (bicyclic) bond motifs is 4. The molecule has 6 aromatic carbocycles. The summed E-state index contributed by atoms with van der Waals surface area (Å²) in [6.07, 6.45) is 0. The van der Waals surface area contributed by atoms with Crippen molar-refractivity contribution < 1.29 is 71.7 Å². The summed E-state index contributed by atoms with van der Waals surface area (Å²) < 4.78 is 144. The molecule has 392 valence electrons. The molecule has 32 heteroatoms. The minimum absolute atomic E-state index is 0.106. The second kappa shape index (κ2) is 16.2. The van der Waals surface area contributed by atoms with Crippen LogP contribution in [-0.4, -0.2) is 93.8 Å². The van der Waals surface area contributed by atoms with Crippen molar-refractivity contribution in [1.29, 1.82) is 0 Å². The summed E-state index contributed by atoms with van der Waals surface area (Å²) >= 11 is 33.7. The predicted molar refractivity (Wildman–Crippen MR) is 286 cm³/mol. The molecule has 0 unspecified atom stereocenters. The molecule has 11 rings (SSSR count). The Morgan fingerprint density at radius 3 is 1.04 bits per heavy atom. The van der Waals surface area contributed by atoms with Crippen LogP contribution < -0.4 is 8.88 Å². The van der Waals surface area contributed by atoms with Crippen molar-refractivity contribution in [3.63, 3.8) is 0 Å². The number of carbonyl (C=O) groups is 2. The van der Waals surface area contributed by atoms with Crippen LogP contribution in [-0.2, 0) is 40.5 Å². The molecule has 22 nitrogen and oxygen atoms in total. The standard InChI is InChI=1S/C44H28Cl4N6O16P2S4/c45-71(46,51-35-17-13-27(75(65,66)67)21-31(35)43(57)39(51)37-41(55)29-19-25(73(59,60)61)11-15-33(29)49-37)53(23-7-3-1-4-8-23)72(47,48,54(71)24-9-5-2-6-10-24)52-36-18-14-28(76(68,69)70)22-32(36)44(58)40(52)38-42(56)30-20-26(74(62,63)64)12-16-34(30)50-38/h1-22,57-58H,(H,59,60,61)(H,62,63,64)(H,65,66,67)(H,68,69,70). The number of aliphatic imine (C=N–C) groups is 2. The number of Topliss-reactive ketones (excluding diaryl/α,β-unsaturated/α-hetero) is 2. The van der Waals surface area contributed by atoms with E-state index in [4.69, 9.17) is 45.0 Å². The van der Waals surface area contributed by atoms with Crippen molar-refractivity contribution in [2.75, 3.05) is 8.88 Å². The summed E-state index contributed by atoms with van der Waals surface area (Å²) in [7, 11) is -20.0. The number of nitrogens with zero attached hydrogens (tertiary/aromatic N) is 6. The fraction of sp³-hybridized carbons (Fsp3) is 0. The number of anilines is 2. The van der Waals surface area contributed by atoms with Gasteiger partial charge in [-0.1, -0.05) is 0 Å². The number of halogens is 4. The Labute approximate surface area is 447 Å². The van der Waals surface area contributed by atoms with E-state index in [0.29, 0.717) is 0 Å². The first-order valence-corrected chi connectivity index (χ1v) is 34.7. The Morgan fingerprint density at radius 2 is 0.724 bits per heavy atom. The maximum absolute atomic E-state index is 14.8. The molecular formula is C44H28Cl4N6O16P2S4. The van der Waals surface area contributed by atoms with Gasteiger partial charge in [0.2, 0.25) is 0 Å². The summed E-state index contributed by atoms with van der Waals surface area (Å²) in [6, 6.07) is 25.8. The summed E-state index contributed by atoms with van der Waals surface area (Å²) in [5.41, 5.74) is -4.95. The van der Waals surface area contributed by atoms with E-state index in [1.165, 1.54) is 48.5 Å². The van der Waals surface area contributed by atoms with Crippen molar-refractivity contribution in [3.8, 4) is 11.5 Å². The van der Waals surface area contributed by atoms with E-state index in [1.807, 2.05) is 0 Å². The Bertz CT molecular complexity index is 4290. The molecule has 0 saturated carbocycles. The van der Waals surface area contributed by atoms with Gasteiger partial charge in [-0.3, -0.25) is 0 Å². The van der Waals surface area contributed by atoms with Gasteiger partial charge in [-0.05, 0) is 0 Å². The monoisotopic (exact) mass is 1230 g/mol. The van der Waals surface area contributed by atoms with E-state index in [2.05, 4.69) is 9.98 Å². The van der Waals surface area contributed by atoms with Crippen LogP contribution in [0.5, 0.6) is 11.5 Å². The van der Waals surface area contributed by atoms with Gasteiger partial charge >= 0.3 is 451 Å². The molecule has 0 atom stereocenters. The van der Waals surface area contributed by atoms with Crippen LogP contribution in [0.2, 0.25) is 0 Å². The molecule has 0 aliphatic carbocycles. The Hall–Kier alpha value is -6.06. The van der Waals surface area contributed by atoms with Gasteiger partial charge in [0.05, 0.1) is 0 Å². The van der Waals surface area contributed by atoms with E-state index in [1.54, 1.807) is 12.1 Å². The van der Waals surface area contributed by atoms with Crippen LogP contribution >= 0.6 is 56.5 Å². The molecule has 0 radical (unpaired) electrons. The van der Waals surface area contributed by atoms with Crippen LogP contribution in [0.3, 0.4) is 0 Å². The third-order valence-corrected chi connectivity index (χ3v) is 33.6. The van der Waals surface area contributed by atoms with Gasteiger partial charge in [0.1, 0.15) is 0 Å². The van der Waals surface area contributed by atoms with Crippen molar-refractivity contribution in [2.24, 2.45) is 9.98 Å². The number of carbonyl (C=O) groups excluding carboxylic acids is 2. The zero-order valence-corrected chi connectivity index (χ0v) is 45.3. The van der Waals surface area contributed by atoms with Gasteiger partial charge in [0.25, 0.3) is 0 Å². The maximum atomic E-state index is 14.8. The number of aromatic nitrogens is 2. The van der Waals surface area contributed by atoms with Gasteiger partial charge in [-0.25, -0.2) is 0 Å². The molecule has 0 amide bonds. The van der Waals surface area contributed by atoms with Crippen LogP contribution in [0.1, 0.15) is 32.1 Å². The fourth-order valence-corrected chi connectivity index (χ4v) is 37.8. The van der Waals surface area contributed by atoms with Crippen molar-refractivity contribution in [2.45, 2.75) is 19.6 Å². The Balaban J connectivity index is 1.30. The fourth-order valence-electron chi connectivity index (χ4n) is 9.58. The molecule has 5 heterocycles. The Kier molecular flexibility index (Phi) is 11.1. The summed E-state index contributed by atoms with van der Waals surface area (Å²) in [4.78, 5) is 35.4. The van der Waals surface area contributed by atoms with Crippen molar-refractivity contribution in [1.82, 2.24) is 8.68 Å². The number of aromatic hydroxyl groups is 2. The van der Waals surface area contributed by atoms with Gasteiger partial charge in [-0.2, -0.15) is 0 Å². The number of para-hydroxylation sites is 2. The summed E-state index contributed by atoms with van der Waals surface area (Å²) in [5.74, 6) is -16.6. The predicted octanol–water partition coefficient (Wildman–Crippen LogP) is 10.3. The van der Waals surface area contributed by atoms with Crippen LogP contribution in [0, 0.1) is 0 Å². The molecular weight excluding hydrogens is 1200 g/mol. The third-order valence-electron chi connectivity index (χ3n) is 12.6. The Morgan fingerprint density at radius 1 is 0.421 bits per heavy atom. The van der Waals surface area contributed by atoms with Crippen molar-refractivity contribution in [3.05, 3.63) is 156 Å². The van der Waals surface area contributed by atoms with E-state index in [9.17, 15) is 71.7 Å². The van der Waals surface area contributed by atoms with Gasteiger partial charge in [0, 0.05) is 0 Å². The second-order valence-corrected chi connectivity index (χ2v) is 37.4. The van der Waals surface area contributed by atoms with Gasteiger partial charge in [0.15, 0.2) is 0 Å². The molecule has 8 aromatic rings. The molecule has 76 heavy (non-hydrogen) atoms. The quantitative estimate of drug-likeness (QED) is 0.0547. The molecule has 3 aliphatic heterocycles. The first-order chi connectivity index (χ1) is 35.3. The summed E-state index contributed by atoms with van der Waals surface area (Å²) in [5, 5.41) is 24.2. The molecule has 0 spiro atoms. The van der Waals surface area contributed by atoms with Crippen LogP contribution in [0.15, 0.2) is 163 Å². The number of ketones is 2. The number of hydrogen-bond acceptors (Lipinski definition) is 16. The summed E-state index contributed by atoms with van der Waals surface area (Å²) in [6.45, 7) is 0. The first-order valence-electron chi connectivity index (χ1n) is 21.1. The van der Waals surface area contributed by atoms with Crippen molar-refractivity contribution >= 4 is 165 Å². The van der Waals surface area contributed by atoms with Crippen LogP contribution in [0.25, 0.3) is 21.8 Å². The minimum atomic E-state index is -6.22. The zero-order valence-electron chi connectivity index (χ0n) is 37.2.